The van der Waals surface area contributed by atoms with Gasteiger partial charge in [0.2, 0.25) is 0 Å². The molecule has 8 heteroatoms. The summed E-state index contributed by atoms with van der Waals surface area (Å²) in [6.45, 7) is 4.59. The Bertz CT molecular complexity index is 1190. The lowest BCUT2D eigenvalue weighted by Gasteiger charge is -2.31. The average Bonchev–Trinajstić information content (AvgIpc) is 3.17. The second-order valence-corrected chi connectivity index (χ2v) is 9.23. The van der Waals surface area contributed by atoms with Crippen molar-refractivity contribution in [3.8, 4) is 11.1 Å². The van der Waals surface area contributed by atoms with Crippen LogP contribution in [0, 0.1) is 5.92 Å². The first kappa shape index (κ1) is 21.3. The molecule has 0 spiro atoms. The van der Waals surface area contributed by atoms with Crippen LogP contribution in [0.2, 0.25) is 0 Å². The molecule has 1 unspecified atom stereocenters. The van der Waals surface area contributed by atoms with Gasteiger partial charge in [-0.2, -0.15) is 0 Å². The van der Waals surface area contributed by atoms with E-state index in [-0.39, 0.29) is 12.0 Å². The Hall–Kier alpha value is -2.58. The molecule has 2 aliphatic rings. The summed E-state index contributed by atoms with van der Waals surface area (Å²) >= 11 is 0. The predicted molar refractivity (Wildman–Crippen MR) is 119 cm³/mol. The van der Waals surface area contributed by atoms with Crippen molar-refractivity contribution in [2.75, 3.05) is 33.2 Å². The molecule has 4 heterocycles. The number of furan rings is 1. The fourth-order valence-corrected chi connectivity index (χ4v) is 4.60. The highest BCUT2D eigenvalue weighted by Crippen LogP contribution is 2.51. The van der Waals surface area contributed by atoms with Gasteiger partial charge < -0.3 is 13.9 Å². The molecule has 0 bridgehead atoms. The highest BCUT2D eigenvalue weighted by atomic mass is 19.3. The third-order valence-electron chi connectivity index (χ3n) is 6.79. The van der Waals surface area contributed by atoms with Crippen molar-refractivity contribution in [1.82, 2.24) is 19.4 Å². The standard InChI is InChI=1S/C24H28F2N4O2/c1-28-7-9-30(10-8-28)14-18-11-20-22(32-18)21(15-29(2)23(20)31)19-5-6-27-13-16(19)3-4-17-12-24(17,25)26/h5-6,11,13,15,17H,3-4,7-10,12,14H2,1-2H3. The van der Waals surface area contributed by atoms with Crippen LogP contribution >= 0.6 is 0 Å². The average molecular weight is 443 g/mol. The van der Waals surface area contributed by atoms with E-state index in [1.165, 1.54) is 0 Å². The van der Waals surface area contributed by atoms with Crippen LogP contribution in [-0.2, 0) is 20.0 Å². The van der Waals surface area contributed by atoms with Crippen molar-refractivity contribution in [1.29, 1.82) is 0 Å². The first-order valence-corrected chi connectivity index (χ1v) is 11.2. The van der Waals surface area contributed by atoms with E-state index in [1.807, 2.05) is 12.1 Å². The summed E-state index contributed by atoms with van der Waals surface area (Å²) in [5, 5.41) is 0.547. The van der Waals surface area contributed by atoms with Gasteiger partial charge in [0.1, 0.15) is 11.3 Å². The highest BCUT2D eigenvalue weighted by molar-refractivity contribution is 5.92. The van der Waals surface area contributed by atoms with Crippen LogP contribution in [0.5, 0.6) is 0 Å². The largest absolute Gasteiger partial charge is 0.459 e. The summed E-state index contributed by atoms with van der Waals surface area (Å²) in [5.74, 6) is -2.30. The number of likely N-dealkylation sites (N-methyl/N-ethyl adjacent to an activating group) is 1. The summed E-state index contributed by atoms with van der Waals surface area (Å²) in [4.78, 5) is 21.7. The summed E-state index contributed by atoms with van der Waals surface area (Å²) in [7, 11) is 3.84. The van der Waals surface area contributed by atoms with Crippen molar-refractivity contribution < 1.29 is 13.2 Å². The monoisotopic (exact) mass is 442 g/mol. The molecule has 2 fully saturated rings. The molecule has 6 nitrogen and oxygen atoms in total. The minimum absolute atomic E-state index is 0.0273. The van der Waals surface area contributed by atoms with Gasteiger partial charge in [0.15, 0.2) is 0 Å². The molecular weight excluding hydrogens is 414 g/mol. The number of alkyl halides is 2. The number of hydrogen-bond donors (Lipinski definition) is 0. The number of aromatic nitrogens is 2. The molecule has 1 atom stereocenters. The quantitative estimate of drug-likeness (QED) is 0.585. The van der Waals surface area contributed by atoms with Gasteiger partial charge in [-0.3, -0.25) is 14.7 Å². The van der Waals surface area contributed by atoms with Gasteiger partial charge >= 0.3 is 0 Å². The van der Waals surface area contributed by atoms with E-state index >= 15 is 0 Å². The molecule has 1 saturated carbocycles. The highest BCUT2D eigenvalue weighted by Gasteiger charge is 2.55. The van der Waals surface area contributed by atoms with Crippen LogP contribution in [0.3, 0.4) is 0 Å². The summed E-state index contributed by atoms with van der Waals surface area (Å²) in [5.41, 5.74) is 3.02. The number of rotatable bonds is 6. The maximum absolute atomic E-state index is 13.4. The van der Waals surface area contributed by atoms with Gasteiger partial charge in [0, 0.05) is 69.7 Å². The normalized spacial score (nSPS) is 21.3. The molecule has 0 N–H and O–H groups in total. The maximum atomic E-state index is 13.4. The first-order chi connectivity index (χ1) is 15.3. The fourth-order valence-electron chi connectivity index (χ4n) is 4.60. The van der Waals surface area contributed by atoms with Crippen molar-refractivity contribution in [3.05, 3.63) is 52.4 Å². The minimum atomic E-state index is -2.52. The Balaban J connectivity index is 1.48. The van der Waals surface area contributed by atoms with Gasteiger partial charge in [0.05, 0.1) is 11.9 Å². The molecule has 1 aliphatic carbocycles. The lowest BCUT2D eigenvalue weighted by Crippen LogP contribution is -2.43. The zero-order valence-corrected chi connectivity index (χ0v) is 18.5. The Kier molecular flexibility index (Phi) is 5.37. The van der Waals surface area contributed by atoms with Gasteiger partial charge in [-0.15, -0.1) is 0 Å². The zero-order chi connectivity index (χ0) is 22.5. The minimum Gasteiger partial charge on any atom is -0.459 e. The molecule has 32 heavy (non-hydrogen) atoms. The van der Waals surface area contributed by atoms with Crippen LogP contribution < -0.4 is 5.56 Å². The Morgan fingerprint density at radius 2 is 1.94 bits per heavy atom. The molecule has 3 aromatic rings. The van der Waals surface area contributed by atoms with Crippen LogP contribution in [-0.4, -0.2) is 58.5 Å². The smallest absolute Gasteiger partial charge is 0.261 e. The van der Waals surface area contributed by atoms with Crippen LogP contribution in [0.25, 0.3) is 22.1 Å². The molecule has 170 valence electrons. The number of aryl methyl sites for hydroxylation is 2. The second-order valence-electron chi connectivity index (χ2n) is 9.23. The number of pyridine rings is 2. The van der Waals surface area contributed by atoms with E-state index < -0.39 is 11.8 Å². The van der Waals surface area contributed by atoms with Crippen LogP contribution in [0.15, 0.2) is 39.9 Å². The van der Waals surface area contributed by atoms with E-state index in [4.69, 9.17) is 4.42 Å². The molecule has 0 radical (unpaired) electrons. The van der Waals surface area contributed by atoms with Gasteiger partial charge in [-0.05, 0) is 43.1 Å². The molecular formula is C24H28F2N4O2. The number of piperazine rings is 1. The van der Waals surface area contributed by atoms with Crippen molar-refractivity contribution in [3.63, 3.8) is 0 Å². The summed E-state index contributed by atoms with van der Waals surface area (Å²) in [6.07, 6.45) is 6.12. The first-order valence-electron chi connectivity index (χ1n) is 11.2. The Morgan fingerprint density at radius 1 is 1.19 bits per heavy atom. The maximum Gasteiger partial charge on any atom is 0.261 e. The number of fused-ring (bicyclic) bond motifs is 1. The van der Waals surface area contributed by atoms with Gasteiger partial charge in [0.25, 0.3) is 11.5 Å². The third-order valence-corrected chi connectivity index (χ3v) is 6.79. The number of hydrogen-bond acceptors (Lipinski definition) is 5. The summed E-state index contributed by atoms with van der Waals surface area (Å²) in [6, 6.07) is 3.73. The van der Waals surface area contributed by atoms with Crippen molar-refractivity contribution in [2.24, 2.45) is 13.0 Å². The molecule has 1 aliphatic heterocycles. The number of nitrogens with zero attached hydrogens (tertiary/aromatic N) is 4. The second kappa shape index (κ2) is 8.08. The Morgan fingerprint density at radius 3 is 2.66 bits per heavy atom. The van der Waals surface area contributed by atoms with Crippen LogP contribution in [0.4, 0.5) is 8.78 Å². The topological polar surface area (TPSA) is 54.5 Å². The Labute approximate surface area is 185 Å². The van der Waals surface area contributed by atoms with E-state index in [1.54, 1.807) is 30.2 Å². The van der Waals surface area contributed by atoms with E-state index in [9.17, 15) is 13.6 Å². The fraction of sp³-hybridized carbons (Fsp3) is 0.500. The van der Waals surface area contributed by atoms with E-state index in [0.717, 1.165) is 48.6 Å². The van der Waals surface area contributed by atoms with Gasteiger partial charge in [-0.25, -0.2) is 8.78 Å². The molecule has 0 amide bonds. The lowest BCUT2D eigenvalue weighted by molar-refractivity contribution is 0.0971. The summed E-state index contributed by atoms with van der Waals surface area (Å²) < 4.78 is 34.5. The van der Waals surface area contributed by atoms with E-state index in [0.29, 0.717) is 30.4 Å². The van der Waals surface area contributed by atoms with Crippen molar-refractivity contribution in [2.45, 2.75) is 31.7 Å². The van der Waals surface area contributed by atoms with E-state index in [2.05, 4.69) is 21.8 Å². The van der Waals surface area contributed by atoms with Crippen molar-refractivity contribution >= 4 is 11.0 Å². The SMILES string of the molecule is CN1CCN(Cc2cc3c(=O)n(C)cc(-c4ccncc4CCC4CC4(F)F)c3o2)CC1. The lowest BCUT2D eigenvalue weighted by atomic mass is 9.98. The third kappa shape index (κ3) is 4.09. The molecule has 3 aromatic heterocycles. The molecule has 5 rings (SSSR count). The zero-order valence-electron chi connectivity index (χ0n) is 18.5. The molecule has 1 saturated heterocycles. The molecule has 0 aromatic carbocycles. The predicted octanol–water partition coefficient (Wildman–Crippen LogP) is 3.53. The van der Waals surface area contributed by atoms with Crippen LogP contribution in [0.1, 0.15) is 24.2 Å². The number of halogens is 2. The van der Waals surface area contributed by atoms with Gasteiger partial charge in [-0.1, -0.05) is 0 Å².